The molecular weight excluding hydrogens is 665 g/mol. The molecule has 0 radical (unpaired) electrons. The summed E-state index contributed by atoms with van der Waals surface area (Å²) in [6, 6.07) is 45.2. The maximum absolute atomic E-state index is 12.5. The van der Waals surface area contributed by atoms with Crippen molar-refractivity contribution in [2.24, 2.45) is 5.92 Å². The first-order chi connectivity index (χ1) is 25.8. The molecule has 274 valence electrons. The lowest BCUT2D eigenvalue weighted by molar-refractivity contribution is -0.276. The van der Waals surface area contributed by atoms with Crippen molar-refractivity contribution in [3.05, 3.63) is 167 Å². The molecule has 1 fully saturated rings. The highest BCUT2D eigenvalue weighted by molar-refractivity contribution is 5.83. The summed E-state index contributed by atoms with van der Waals surface area (Å²) in [7, 11) is 0. The zero-order valence-corrected chi connectivity index (χ0v) is 30.6. The zero-order chi connectivity index (χ0) is 37.2. The molecule has 0 unspecified atom stereocenters. The van der Waals surface area contributed by atoms with Crippen LogP contribution in [-0.2, 0) is 50.0 Å². The summed E-state index contributed by atoms with van der Waals surface area (Å²) in [5.41, 5.74) is 8.19. The van der Waals surface area contributed by atoms with Gasteiger partial charge in [0.2, 0.25) is 0 Å². The van der Waals surface area contributed by atoms with Gasteiger partial charge in [-0.1, -0.05) is 140 Å². The molecule has 53 heavy (non-hydrogen) atoms. The van der Waals surface area contributed by atoms with E-state index in [2.05, 4.69) is 77.8 Å². The van der Waals surface area contributed by atoms with E-state index in [9.17, 15) is 14.7 Å². The van der Waals surface area contributed by atoms with E-state index in [-0.39, 0.29) is 37.2 Å². The Labute approximate surface area is 312 Å². The fourth-order valence-corrected chi connectivity index (χ4v) is 6.86. The average Bonchev–Trinajstić information content (AvgIpc) is 3.18. The van der Waals surface area contributed by atoms with Gasteiger partial charge in [-0.15, -0.1) is 0 Å². The van der Waals surface area contributed by atoms with E-state index in [0.29, 0.717) is 6.54 Å². The summed E-state index contributed by atoms with van der Waals surface area (Å²) in [6.07, 6.45) is -1.87. The molecule has 0 saturated carbocycles. The molecule has 0 aromatic heterocycles. The molecule has 8 heteroatoms. The van der Waals surface area contributed by atoms with E-state index in [1.54, 1.807) is 6.92 Å². The molecule has 1 aliphatic heterocycles. The van der Waals surface area contributed by atoms with Gasteiger partial charge in [0.15, 0.2) is 12.4 Å². The normalized spacial score (nSPS) is 19.0. The molecule has 5 aromatic rings. The molecule has 2 N–H and O–H groups in total. The minimum absolute atomic E-state index is 0.0150. The first-order valence-electron chi connectivity index (χ1n) is 18.2. The molecule has 1 aliphatic rings. The molecule has 1 amide bonds. The number of benzene rings is 5. The Morgan fingerprint density at radius 2 is 1.34 bits per heavy atom. The van der Waals surface area contributed by atoms with Crippen molar-refractivity contribution in [1.82, 2.24) is 10.2 Å². The number of hydrogen-bond acceptors (Lipinski definition) is 7. The fraction of sp³-hybridized carbons (Fsp3) is 0.289. The average molecular weight is 713 g/mol. The summed E-state index contributed by atoms with van der Waals surface area (Å²) in [4.78, 5) is 26.3. The van der Waals surface area contributed by atoms with Crippen LogP contribution in [0.25, 0.3) is 11.1 Å². The number of carbonyl (C=O) groups is 2. The van der Waals surface area contributed by atoms with E-state index < -0.39 is 18.4 Å². The van der Waals surface area contributed by atoms with Gasteiger partial charge in [-0.05, 0) is 45.9 Å². The van der Waals surface area contributed by atoms with Gasteiger partial charge in [-0.2, -0.15) is 0 Å². The van der Waals surface area contributed by atoms with Crippen LogP contribution >= 0.6 is 0 Å². The molecule has 0 spiro atoms. The molecular formula is C45H48N2O6. The van der Waals surface area contributed by atoms with Gasteiger partial charge >= 0.3 is 5.97 Å². The molecule has 5 atom stereocenters. The number of esters is 1. The number of nitrogens with zero attached hydrogens (tertiary/aromatic N) is 1. The Hall–Kier alpha value is -5.12. The lowest BCUT2D eigenvalue weighted by Gasteiger charge is -2.43. The number of nitrogens with one attached hydrogen (secondary N) is 1. The van der Waals surface area contributed by atoms with Gasteiger partial charge in [0, 0.05) is 44.6 Å². The smallest absolute Gasteiger partial charge is 0.303 e. The third-order valence-corrected chi connectivity index (χ3v) is 9.74. The predicted molar refractivity (Wildman–Crippen MR) is 205 cm³/mol. The number of rotatable bonds is 14. The van der Waals surface area contributed by atoms with Crippen LogP contribution in [0.1, 0.15) is 66.5 Å². The second-order valence-corrected chi connectivity index (χ2v) is 13.7. The number of aliphatic hydroxyl groups is 1. The van der Waals surface area contributed by atoms with Crippen LogP contribution in [0.15, 0.2) is 133 Å². The van der Waals surface area contributed by atoms with Crippen molar-refractivity contribution in [2.75, 3.05) is 6.54 Å². The summed E-state index contributed by atoms with van der Waals surface area (Å²) in [6.45, 7) is 7.57. The highest BCUT2D eigenvalue weighted by atomic mass is 16.7. The van der Waals surface area contributed by atoms with Crippen LogP contribution in [0.5, 0.6) is 0 Å². The molecule has 8 nitrogen and oxygen atoms in total. The standard InChI is InChI=1S/C45H48N2O6/c1-31-42(29-47(27-34-12-6-4-7-13-34)28-35-14-8-5-9-15-35)52-45(53-43(31)38-20-18-36(30-48)19-21-38)39-24-22-37(23-25-39)41-17-11-10-16-40(41)26-46-44(50)32(2)51-33(3)49/h4-25,31-32,42-43,45,48H,26-30H2,1-3H3,(H,46,50)/t31-,32+,42+,43+,45+/m1/s1. The second kappa shape index (κ2) is 18.1. The molecule has 0 bridgehead atoms. The zero-order valence-electron chi connectivity index (χ0n) is 30.6. The molecule has 5 aromatic carbocycles. The molecule has 1 saturated heterocycles. The topological polar surface area (TPSA) is 97.3 Å². The van der Waals surface area contributed by atoms with Crippen molar-refractivity contribution in [1.29, 1.82) is 0 Å². The largest absolute Gasteiger partial charge is 0.453 e. The number of ether oxygens (including phenoxy) is 3. The fourth-order valence-electron chi connectivity index (χ4n) is 6.86. The van der Waals surface area contributed by atoms with Crippen LogP contribution in [0, 0.1) is 5.92 Å². The van der Waals surface area contributed by atoms with Crippen LogP contribution < -0.4 is 5.32 Å². The third kappa shape index (κ3) is 10.1. The summed E-state index contributed by atoms with van der Waals surface area (Å²) >= 11 is 0. The molecule has 6 rings (SSSR count). The Morgan fingerprint density at radius 3 is 1.94 bits per heavy atom. The van der Waals surface area contributed by atoms with Crippen LogP contribution in [0.4, 0.5) is 0 Å². The SMILES string of the molecule is CC(=O)O[C@@H](C)C(=O)NCc1ccccc1-c1ccc([C@H]2O[C@@H](CN(Cc3ccccc3)Cc3ccccc3)[C@@H](C)[C@@H](c3ccc(CO)cc3)O2)cc1. The Bertz CT molecular complexity index is 1880. The van der Waals surface area contributed by atoms with Gasteiger partial charge in [-0.3, -0.25) is 14.5 Å². The summed E-state index contributed by atoms with van der Waals surface area (Å²) in [5, 5.41) is 12.6. The first-order valence-corrected chi connectivity index (χ1v) is 18.2. The van der Waals surface area contributed by atoms with E-state index in [4.69, 9.17) is 14.2 Å². The van der Waals surface area contributed by atoms with E-state index in [1.165, 1.54) is 18.1 Å². The minimum Gasteiger partial charge on any atom is -0.453 e. The van der Waals surface area contributed by atoms with E-state index >= 15 is 0 Å². The number of carbonyl (C=O) groups excluding carboxylic acids is 2. The van der Waals surface area contributed by atoms with E-state index in [1.807, 2.05) is 72.8 Å². The quantitative estimate of drug-likeness (QED) is 0.113. The number of hydrogen-bond donors (Lipinski definition) is 2. The van der Waals surface area contributed by atoms with Gasteiger partial charge < -0.3 is 24.6 Å². The maximum atomic E-state index is 12.5. The minimum atomic E-state index is -0.874. The predicted octanol–water partition coefficient (Wildman–Crippen LogP) is 7.91. The van der Waals surface area contributed by atoms with Crippen molar-refractivity contribution in [2.45, 2.75) is 71.6 Å². The number of aliphatic hydroxyl groups excluding tert-OH is 1. The summed E-state index contributed by atoms with van der Waals surface area (Å²) in [5.74, 6) is -0.819. The van der Waals surface area contributed by atoms with Gasteiger partial charge in [0.1, 0.15) is 0 Å². The highest BCUT2D eigenvalue weighted by Gasteiger charge is 2.39. The lowest BCUT2D eigenvalue weighted by Crippen LogP contribution is -2.44. The van der Waals surface area contributed by atoms with E-state index in [0.717, 1.165) is 46.5 Å². The lowest BCUT2D eigenvalue weighted by atomic mass is 9.89. The van der Waals surface area contributed by atoms with Crippen molar-refractivity contribution >= 4 is 11.9 Å². The van der Waals surface area contributed by atoms with Gasteiger partial charge in [-0.25, -0.2) is 0 Å². The van der Waals surface area contributed by atoms with Crippen LogP contribution in [0.3, 0.4) is 0 Å². The van der Waals surface area contributed by atoms with Crippen LogP contribution in [-0.4, -0.2) is 40.6 Å². The third-order valence-electron chi connectivity index (χ3n) is 9.74. The van der Waals surface area contributed by atoms with Crippen molar-refractivity contribution < 1.29 is 28.9 Å². The maximum Gasteiger partial charge on any atom is 0.303 e. The first kappa shape index (κ1) is 37.6. The van der Waals surface area contributed by atoms with Gasteiger partial charge in [0.05, 0.1) is 18.8 Å². The number of amides is 1. The van der Waals surface area contributed by atoms with Gasteiger partial charge in [0.25, 0.3) is 5.91 Å². The molecule has 0 aliphatic carbocycles. The monoisotopic (exact) mass is 712 g/mol. The Balaban J connectivity index is 1.25. The van der Waals surface area contributed by atoms with Crippen molar-refractivity contribution in [3.63, 3.8) is 0 Å². The Kier molecular flexibility index (Phi) is 12.8. The van der Waals surface area contributed by atoms with Crippen LogP contribution in [0.2, 0.25) is 0 Å². The summed E-state index contributed by atoms with van der Waals surface area (Å²) < 4.78 is 18.7. The second-order valence-electron chi connectivity index (χ2n) is 13.7. The molecule has 1 heterocycles. The highest BCUT2D eigenvalue weighted by Crippen LogP contribution is 2.42. The van der Waals surface area contributed by atoms with Crippen molar-refractivity contribution in [3.8, 4) is 11.1 Å². The Morgan fingerprint density at radius 1 is 0.755 bits per heavy atom.